The number of rotatable bonds is 6. The largest absolute Gasteiger partial charge is 0.573 e. The van der Waals surface area contributed by atoms with Gasteiger partial charge in [-0.1, -0.05) is 11.6 Å². The van der Waals surface area contributed by atoms with Crippen LogP contribution in [0.1, 0.15) is 12.8 Å². The van der Waals surface area contributed by atoms with Gasteiger partial charge >= 0.3 is 12.4 Å². The molecule has 2 N–H and O–H groups in total. The first-order valence-electron chi connectivity index (χ1n) is 9.37. The number of carbonyl (C=O) groups is 1. The molecule has 13 heteroatoms. The highest BCUT2D eigenvalue weighted by Gasteiger charge is 2.32. The molecule has 1 aliphatic heterocycles. The Morgan fingerprint density at radius 2 is 1.62 bits per heavy atom. The van der Waals surface area contributed by atoms with Crippen LogP contribution in [0.4, 0.5) is 23.7 Å². The Labute approximate surface area is 187 Å². The first-order chi connectivity index (χ1) is 15.0. The Morgan fingerprint density at radius 1 is 1.03 bits per heavy atom. The molecule has 0 aromatic heterocycles. The van der Waals surface area contributed by atoms with Crippen LogP contribution in [-0.4, -0.2) is 44.3 Å². The van der Waals surface area contributed by atoms with Crippen LogP contribution in [-0.2, 0) is 14.9 Å². The zero-order chi connectivity index (χ0) is 23.4. The van der Waals surface area contributed by atoms with Crippen molar-refractivity contribution in [1.82, 2.24) is 9.79 Å². The van der Waals surface area contributed by atoms with Crippen molar-refractivity contribution >= 4 is 33.3 Å². The summed E-state index contributed by atoms with van der Waals surface area (Å²) < 4.78 is 67.1. The maximum Gasteiger partial charge on any atom is 0.573 e. The van der Waals surface area contributed by atoms with Gasteiger partial charge in [0.2, 0.25) is 10.0 Å². The molecule has 0 unspecified atom stereocenters. The van der Waals surface area contributed by atoms with Crippen LogP contribution in [0.25, 0.3) is 0 Å². The number of piperidine rings is 1. The summed E-state index contributed by atoms with van der Waals surface area (Å²) in [6.45, 7) is 0.239. The number of ether oxygens (including phenoxy) is 1. The molecule has 32 heavy (non-hydrogen) atoms. The molecule has 0 spiro atoms. The summed E-state index contributed by atoms with van der Waals surface area (Å²) >= 11 is 5.78. The van der Waals surface area contributed by atoms with Crippen LogP contribution in [0.5, 0.6) is 5.75 Å². The van der Waals surface area contributed by atoms with Crippen molar-refractivity contribution in [2.24, 2.45) is 0 Å². The number of carbonyl (C=O) groups excluding carboxylic acids is 1. The van der Waals surface area contributed by atoms with Crippen LogP contribution in [0.15, 0.2) is 53.4 Å². The maximum atomic E-state index is 12.7. The molecule has 174 valence electrons. The quantitative estimate of drug-likeness (QED) is 0.589. The van der Waals surface area contributed by atoms with Gasteiger partial charge in [-0.15, -0.1) is 13.2 Å². The molecule has 2 aromatic rings. The van der Waals surface area contributed by atoms with Gasteiger partial charge in [0.1, 0.15) is 5.75 Å². The summed E-state index contributed by atoms with van der Waals surface area (Å²) in [6.07, 6.45) is -4.63. The van der Waals surface area contributed by atoms with Crippen molar-refractivity contribution in [2.45, 2.75) is 30.2 Å². The highest BCUT2D eigenvalue weighted by molar-refractivity contribution is 7.89. The van der Waals surface area contributed by atoms with E-state index in [1.165, 1.54) is 4.31 Å². The summed E-state index contributed by atoms with van der Waals surface area (Å²) in [7, 11) is -3.89. The number of amides is 2. The Hall–Kier alpha value is -2.54. The van der Waals surface area contributed by atoms with Crippen molar-refractivity contribution in [1.29, 1.82) is 0 Å². The second-order valence-corrected chi connectivity index (χ2v) is 9.18. The van der Waals surface area contributed by atoms with Gasteiger partial charge in [-0.2, -0.15) is 4.31 Å². The van der Waals surface area contributed by atoms with Crippen LogP contribution in [0.3, 0.4) is 0 Å². The maximum absolute atomic E-state index is 12.7. The number of benzene rings is 2. The minimum atomic E-state index is -4.86. The molecule has 3 rings (SSSR count). The summed E-state index contributed by atoms with van der Waals surface area (Å²) in [6, 6.07) is 9.88. The lowest BCUT2D eigenvalue weighted by molar-refractivity contribution is -0.274. The van der Waals surface area contributed by atoms with Crippen LogP contribution < -0.4 is 15.5 Å². The second-order valence-electron chi connectivity index (χ2n) is 6.80. The van der Waals surface area contributed by atoms with E-state index in [-0.39, 0.29) is 18.0 Å². The van der Waals surface area contributed by atoms with E-state index in [4.69, 9.17) is 16.4 Å². The van der Waals surface area contributed by atoms with E-state index < -0.39 is 34.3 Å². The highest BCUT2D eigenvalue weighted by Crippen LogP contribution is 2.26. The van der Waals surface area contributed by atoms with E-state index in [0.717, 1.165) is 24.3 Å². The third kappa shape index (κ3) is 6.73. The number of nitrogens with one attached hydrogen (secondary N) is 2. The number of nitrogens with zero attached hydrogens (tertiary/aromatic N) is 1. The number of halogens is 4. The van der Waals surface area contributed by atoms with Crippen LogP contribution >= 0.6 is 11.6 Å². The van der Waals surface area contributed by atoms with Crippen molar-refractivity contribution in [2.75, 3.05) is 18.4 Å². The van der Waals surface area contributed by atoms with Gasteiger partial charge in [-0.3, -0.25) is 4.84 Å². The molecule has 0 radical (unpaired) electrons. The first kappa shape index (κ1) is 24.1. The molecule has 0 saturated carbocycles. The average Bonchev–Trinajstić information content (AvgIpc) is 2.73. The zero-order valence-corrected chi connectivity index (χ0v) is 18.0. The fourth-order valence-corrected chi connectivity index (χ4v) is 4.58. The lowest BCUT2D eigenvalue weighted by Crippen LogP contribution is -2.43. The Bertz CT molecular complexity index is 1030. The van der Waals surface area contributed by atoms with Crippen molar-refractivity contribution in [3.8, 4) is 5.75 Å². The third-order valence-electron chi connectivity index (χ3n) is 4.52. The number of hydroxylamine groups is 1. The molecular formula is C19H19ClF3N3O5S. The average molecular weight is 494 g/mol. The van der Waals surface area contributed by atoms with Gasteiger partial charge in [-0.25, -0.2) is 18.7 Å². The normalized spacial score (nSPS) is 15.9. The summed E-state index contributed by atoms with van der Waals surface area (Å²) in [5, 5.41) is 3.09. The fraction of sp³-hybridized carbons (Fsp3) is 0.316. The second kappa shape index (κ2) is 9.94. The topological polar surface area (TPSA) is 97.0 Å². The molecule has 1 aliphatic rings. The molecule has 8 nitrogen and oxygen atoms in total. The Kier molecular flexibility index (Phi) is 7.49. The minimum Gasteiger partial charge on any atom is -0.406 e. The Balaban J connectivity index is 1.48. The van der Waals surface area contributed by atoms with E-state index in [9.17, 15) is 26.4 Å². The SMILES string of the molecule is O=C(NOC1CCN(S(=O)(=O)c2ccc(OC(F)(F)F)cc2)CC1)Nc1ccc(Cl)cc1. The predicted molar refractivity (Wildman–Crippen MR) is 110 cm³/mol. The molecular weight excluding hydrogens is 475 g/mol. The molecule has 1 heterocycles. The summed E-state index contributed by atoms with van der Waals surface area (Å²) in [5.41, 5.74) is 2.79. The van der Waals surface area contributed by atoms with E-state index >= 15 is 0 Å². The first-order valence-corrected chi connectivity index (χ1v) is 11.2. The van der Waals surface area contributed by atoms with Gasteiger partial charge in [0.05, 0.1) is 11.0 Å². The van der Waals surface area contributed by atoms with Crippen molar-refractivity contribution in [3.05, 3.63) is 53.6 Å². The molecule has 2 aromatic carbocycles. The highest BCUT2D eigenvalue weighted by atomic mass is 35.5. The van der Waals surface area contributed by atoms with Gasteiger partial charge in [-0.05, 0) is 61.4 Å². The molecule has 0 aliphatic carbocycles. The smallest absolute Gasteiger partial charge is 0.406 e. The molecule has 0 bridgehead atoms. The summed E-state index contributed by atoms with van der Waals surface area (Å²) in [5.74, 6) is -0.508. The summed E-state index contributed by atoms with van der Waals surface area (Å²) in [4.78, 5) is 17.1. The van der Waals surface area contributed by atoms with Gasteiger partial charge in [0.25, 0.3) is 0 Å². The lowest BCUT2D eigenvalue weighted by atomic mass is 10.1. The number of sulfonamides is 1. The van der Waals surface area contributed by atoms with Crippen molar-refractivity contribution in [3.63, 3.8) is 0 Å². The monoisotopic (exact) mass is 493 g/mol. The van der Waals surface area contributed by atoms with Gasteiger partial charge in [0, 0.05) is 23.8 Å². The molecule has 0 atom stereocenters. The van der Waals surface area contributed by atoms with Gasteiger partial charge < -0.3 is 10.1 Å². The minimum absolute atomic E-state index is 0.119. The Morgan fingerprint density at radius 3 is 2.19 bits per heavy atom. The number of alkyl halides is 3. The number of urea groups is 1. The zero-order valence-electron chi connectivity index (χ0n) is 16.4. The molecule has 1 fully saturated rings. The molecule has 1 saturated heterocycles. The number of anilines is 1. The van der Waals surface area contributed by atoms with E-state index in [2.05, 4.69) is 15.5 Å². The van der Waals surface area contributed by atoms with E-state index in [0.29, 0.717) is 23.6 Å². The standard InChI is InChI=1S/C19H19ClF3N3O5S/c20-13-1-3-14(4-2-13)24-18(27)25-31-16-9-11-26(12-10-16)32(28,29)17-7-5-15(6-8-17)30-19(21,22)23/h1-8,16H,9-12H2,(H2,24,25,27). The fourth-order valence-electron chi connectivity index (χ4n) is 2.98. The number of hydrogen-bond donors (Lipinski definition) is 2. The van der Waals surface area contributed by atoms with Gasteiger partial charge in [0.15, 0.2) is 0 Å². The predicted octanol–water partition coefficient (Wildman–Crippen LogP) is 4.15. The van der Waals surface area contributed by atoms with E-state index in [1.807, 2.05) is 0 Å². The molecule has 2 amide bonds. The van der Waals surface area contributed by atoms with Crippen LogP contribution in [0, 0.1) is 0 Å². The van der Waals surface area contributed by atoms with Crippen LogP contribution in [0.2, 0.25) is 5.02 Å². The number of hydrogen-bond acceptors (Lipinski definition) is 5. The van der Waals surface area contributed by atoms with E-state index in [1.54, 1.807) is 24.3 Å². The third-order valence-corrected chi connectivity index (χ3v) is 6.68. The van der Waals surface area contributed by atoms with Crippen molar-refractivity contribution < 1.29 is 36.0 Å². The lowest BCUT2D eigenvalue weighted by Gasteiger charge is -2.30.